The molecule has 0 radical (unpaired) electrons. The van der Waals surface area contributed by atoms with Crippen LogP contribution in [0.5, 0.6) is 0 Å². The van der Waals surface area contributed by atoms with Gasteiger partial charge in [-0.05, 0) is 25.1 Å². The summed E-state index contributed by atoms with van der Waals surface area (Å²) in [7, 11) is 0. The molecule has 116 valence electrons. The molecule has 0 unspecified atom stereocenters. The van der Waals surface area contributed by atoms with Gasteiger partial charge in [-0.25, -0.2) is 0 Å². The fourth-order valence-electron chi connectivity index (χ4n) is 2.76. The molecule has 0 spiro atoms. The summed E-state index contributed by atoms with van der Waals surface area (Å²) in [6.07, 6.45) is 0. The fraction of sp³-hybridized carbons (Fsp3) is 0.158. The summed E-state index contributed by atoms with van der Waals surface area (Å²) >= 11 is 0. The maximum atomic E-state index is 12.2. The first kappa shape index (κ1) is 15.0. The van der Waals surface area contributed by atoms with Gasteiger partial charge in [0.1, 0.15) is 6.54 Å². The van der Waals surface area contributed by atoms with Gasteiger partial charge in [-0.1, -0.05) is 36.9 Å². The van der Waals surface area contributed by atoms with E-state index in [1.54, 1.807) is 4.90 Å². The molecule has 0 N–H and O–H groups in total. The summed E-state index contributed by atoms with van der Waals surface area (Å²) < 4.78 is 8.00. The molecule has 1 aromatic heterocycles. The number of aromatic nitrogens is 1. The molecule has 0 fully saturated rings. The molecule has 23 heavy (non-hydrogen) atoms. The molecule has 3 rings (SSSR count). The average Bonchev–Trinajstić information content (AvgIpc) is 2.94. The summed E-state index contributed by atoms with van der Waals surface area (Å²) in [6, 6.07) is 17.3. The van der Waals surface area contributed by atoms with Crippen molar-refractivity contribution in [2.24, 2.45) is 0 Å². The van der Waals surface area contributed by atoms with Gasteiger partial charge in [0.05, 0.1) is 0 Å². The molecular formula is C19H19N2O2+. The van der Waals surface area contributed by atoms with E-state index >= 15 is 0 Å². The molecule has 4 nitrogen and oxygen atoms in total. The van der Waals surface area contributed by atoms with E-state index in [2.05, 4.69) is 6.58 Å². The molecule has 0 atom stereocenters. The van der Waals surface area contributed by atoms with Crippen molar-refractivity contribution in [2.45, 2.75) is 20.4 Å². The van der Waals surface area contributed by atoms with Crippen molar-refractivity contribution >= 4 is 28.4 Å². The van der Waals surface area contributed by atoms with Crippen molar-refractivity contribution in [1.82, 2.24) is 0 Å². The van der Waals surface area contributed by atoms with Crippen molar-refractivity contribution in [2.75, 3.05) is 4.90 Å². The standard InChI is InChI=1S/C19H19N2O2/c1-4-20-17-12-8-9-13-18(17)23-19(20)14(2)21(15(3)22)16-10-6-5-7-11-16/h5-13H,2,4H2,1,3H3/q+1. The van der Waals surface area contributed by atoms with E-state index in [9.17, 15) is 4.79 Å². The number of amides is 1. The van der Waals surface area contributed by atoms with E-state index in [-0.39, 0.29) is 5.91 Å². The number of hydrogen-bond acceptors (Lipinski definition) is 2. The van der Waals surface area contributed by atoms with E-state index in [4.69, 9.17) is 4.42 Å². The van der Waals surface area contributed by atoms with Crippen molar-refractivity contribution in [3.05, 3.63) is 67.1 Å². The van der Waals surface area contributed by atoms with Crippen LogP contribution < -0.4 is 9.47 Å². The maximum absolute atomic E-state index is 12.2. The molecular weight excluding hydrogens is 288 g/mol. The van der Waals surface area contributed by atoms with E-state index in [0.717, 1.165) is 23.3 Å². The lowest BCUT2D eigenvalue weighted by Gasteiger charge is -2.20. The molecule has 2 aromatic carbocycles. The van der Waals surface area contributed by atoms with Crippen molar-refractivity contribution in [1.29, 1.82) is 0 Å². The predicted molar refractivity (Wildman–Crippen MR) is 90.7 cm³/mol. The normalized spacial score (nSPS) is 10.7. The van der Waals surface area contributed by atoms with E-state index in [1.165, 1.54) is 6.92 Å². The van der Waals surface area contributed by atoms with Gasteiger partial charge in [0.2, 0.25) is 11.5 Å². The monoisotopic (exact) mass is 307 g/mol. The average molecular weight is 307 g/mol. The quantitative estimate of drug-likeness (QED) is 0.688. The number of anilines is 1. The third-order valence-corrected chi connectivity index (χ3v) is 3.77. The molecule has 0 aliphatic heterocycles. The van der Waals surface area contributed by atoms with E-state index in [1.807, 2.05) is 66.1 Å². The van der Waals surface area contributed by atoms with Crippen LogP contribution in [0.3, 0.4) is 0 Å². The van der Waals surface area contributed by atoms with Crippen LogP contribution in [-0.2, 0) is 11.3 Å². The first-order valence-electron chi connectivity index (χ1n) is 7.60. The van der Waals surface area contributed by atoms with Gasteiger partial charge in [0.25, 0.3) is 5.52 Å². The molecule has 0 bridgehead atoms. The van der Waals surface area contributed by atoms with Gasteiger partial charge >= 0.3 is 5.89 Å². The Bertz CT molecular complexity index is 865. The minimum absolute atomic E-state index is 0.107. The van der Waals surface area contributed by atoms with Gasteiger partial charge in [0, 0.05) is 18.7 Å². The summed E-state index contributed by atoms with van der Waals surface area (Å²) in [5.41, 5.74) is 3.07. The molecule has 0 aliphatic rings. The number of fused-ring (bicyclic) bond motifs is 1. The van der Waals surface area contributed by atoms with E-state index in [0.29, 0.717) is 11.6 Å². The van der Waals surface area contributed by atoms with Gasteiger partial charge in [-0.3, -0.25) is 9.69 Å². The maximum Gasteiger partial charge on any atom is 0.398 e. The van der Waals surface area contributed by atoms with Crippen LogP contribution in [0.15, 0.2) is 65.6 Å². The highest BCUT2D eigenvalue weighted by Crippen LogP contribution is 2.26. The number of hydrogen-bond donors (Lipinski definition) is 0. The van der Waals surface area contributed by atoms with Crippen LogP contribution >= 0.6 is 0 Å². The number of para-hydroxylation sites is 3. The minimum atomic E-state index is -0.107. The van der Waals surface area contributed by atoms with Crippen LogP contribution in [-0.4, -0.2) is 5.91 Å². The van der Waals surface area contributed by atoms with Gasteiger partial charge in [-0.15, -0.1) is 0 Å². The molecule has 0 aliphatic carbocycles. The van der Waals surface area contributed by atoms with E-state index < -0.39 is 0 Å². The molecule has 1 amide bonds. The Hall–Kier alpha value is -2.88. The second-order valence-corrected chi connectivity index (χ2v) is 5.26. The van der Waals surface area contributed by atoms with Gasteiger partial charge in [0.15, 0.2) is 5.70 Å². The fourth-order valence-corrected chi connectivity index (χ4v) is 2.76. The second-order valence-electron chi connectivity index (χ2n) is 5.26. The van der Waals surface area contributed by atoms with Crippen LogP contribution in [0.4, 0.5) is 5.69 Å². The van der Waals surface area contributed by atoms with Gasteiger partial charge in [-0.2, -0.15) is 4.57 Å². The highest BCUT2D eigenvalue weighted by atomic mass is 16.4. The molecule has 4 heteroatoms. The summed E-state index contributed by atoms with van der Waals surface area (Å²) in [5.74, 6) is 0.483. The zero-order chi connectivity index (χ0) is 16.4. The smallest absolute Gasteiger partial charge is 0.396 e. The Kier molecular flexibility index (Phi) is 3.98. The SMILES string of the molecule is C=C(c1oc2ccccc2[n+]1CC)N(C(C)=O)c1ccccc1. The molecule has 0 saturated carbocycles. The number of benzene rings is 2. The largest absolute Gasteiger partial charge is 0.398 e. The van der Waals surface area contributed by atoms with Gasteiger partial charge < -0.3 is 4.42 Å². The number of carbonyl (C=O) groups excluding carboxylic acids is 1. The first-order valence-corrected chi connectivity index (χ1v) is 7.60. The third kappa shape index (κ3) is 2.63. The molecule has 0 saturated heterocycles. The lowest BCUT2D eigenvalue weighted by Crippen LogP contribution is -2.38. The number of carbonyl (C=O) groups is 1. The molecule has 1 heterocycles. The topological polar surface area (TPSA) is 37.3 Å². The van der Waals surface area contributed by atoms with Crippen molar-refractivity contribution < 1.29 is 13.8 Å². The zero-order valence-electron chi connectivity index (χ0n) is 13.3. The molecule has 3 aromatic rings. The highest BCUT2D eigenvalue weighted by molar-refractivity contribution is 6.03. The lowest BCUT2D eigenvalue weighted by atomic mass is 10.2. The van der Waals surface area contributed by atoms with Crippen LogP contribution in [0.2, 0.25) is 0 Å². The number of aryl methyl sites for hydroxylation is 1. The third-order valence-electron chi connectivity index (χ3n) is 3.77. The lowest BCUT2D eigenvalue weighted by molar-refractivity contribution is -0.675. The highest BCUT2D eigenvalue weighted by Gasteiger charge is 2.29. The van der Waals surface area contributed by atoms with Crippen molar-refractivity contribution in [3.63, 3.8) is 0 Å². The number of nitrogens with zero attached hydrogens (tertiary/aromatic N) is 2. The number of oxazole rings is 1. The van der Waals surface area contributed by atoms with Crippen molar-refractivity contribution in [3.8, 4) is 0 Å². The summed E-state index contributed by atoms with van der Waals surface area (Å²) in [5, 5.41) is 0. The number of rotatable bonds is 4. The van der Waals surface area contributed by atoms with Crippen LogP contribution in [0, 0.1) is 0 Å². The zero-order valence-corrected chi connectivity index (χ0v) is 13.3. The second kappa shape index (κ2) is 6.08. The Morgan fingerprint density at radius 1 is 1.13 bits per heavy atom. The Labute approximate surface area is 135 Å². The minimum Gasteiger partial charge on any atom is -0.396 e. The Morgan fingerprint density at radius 3 is 2.43 bits per heavy atom. The van der Waals surface area contributed by atoms with Crippen LogP contribution in [0.1, 0.15) is 19.7 Å². The Balaban J connectivity index is 2.13. The predicted octanol–water partition coefficient (Wildman–Crippen LogP) is 3.76. The van der Waals surface area contributed by atoms with Crippen LogP contribution in [0.25, 0.3) is 16.8 Å². The first-order chi connectivity index (χ1) is 11.1. The Morgan fingerprint density at radius 2 is 1.78 bits per heavy atom. The summed E-state index contributed by atoms with van der Waals surface area (Å²) in [6.45, 7) is 8.41. The summed E-state index contributed by atoms with van der Waals surface area (Å²) in [4.78, 5) is 13.8.